The fraction of sp³-hybridized carbons (Fsp3) is 0.667. The average Bonchev–Trinajstić information content (AvgIpc) is 2.53. The summed E-state index contributed by atoms with van der Waals surface area (Å²) in [7, 11) is 2.05. The average molecular weight is 165 g/mol. The highest BCUT2D eigenvalue weighted by Crippen LogP contribution is 2.20. The summed E-state index contributed by atoms with van der Waals surface area (Å²) in [5, 5.41) is 3.48. The predicted octanol–water partition coefficient (Wildman–Crippen LogP) is 1.23. The van der Waals surface area contributed by atoms with Crippen molar-refractivity contribution >= 4 is 0 Å². The Morgan fingerprint density at radius 2 is 2.50 bits per heavy atom. The maximum absolute atomic E-state index is 4.34. The van der Waals surface area contributed by atoms with Crippen LogP contribution in [0.1, 0.15) is 31.1 Å². The summed E-state index contributed by atoms with van der Waals surface area (Å²) in [5.74, 6) is 1.18. The van der Waals surface area contributed by atoms with Crippen molar-refractivity contribution in [1.29, 1.82) is 0 Å². The van der Waals surface area contributed by atoms with Gasteiger partial charge in [-0.3, -0.25) is 0 Å². The van der Waals surface area contributed by atoms with Crippen molar-refractivity contribution in [2.75, 3.05) is 6.54 Å². The summed E-state index contributed by atoms with van der Waals surface area (Å²) >= 11 is 0. The van der Waals surface area contributed by atoms with E-state index in [1.807, 2.05) is 12.4 Å². The molecule has 66 valence electrons. The van der Waals surface area contributed by atoms with Gasteiger partial charge in [0.15, 0.2) is 0 Å². The Hall–Kier alpha value is -0.830. The molecular formula is C9H15N3. The standard InChI is InChI=1S/C9H15N3/c1-12-7-6-11-9(12)8-4-2-3-5-10-8/h6-8,10H,2-5H2,1H3/t8-/m0/s1. The van der Waals surface area contributed by atoms with Gasteiger partial charge in [-0.2, -0.15) is 0 Å². The van der Waals surface area contributed by atoms with E-state index in [4.69, 9.17) is 0 Å². The molecule has 0 radical (unpaired) electrons. The van der Waals surface area contributed by atoms with Gasteiger partial charge in [0, 0.05) is 19.4 Å². The molecule has 1 saturated heterocycles. The summed E-state index contributed by atoms with van der Waals surface area (Å²) in [6.45, 7) is 1.14. The molecule has 1 N–H and O–H groups in total. The first-order valence-electron chi connectivity index (χ1n) is 4.58. The predicted molar refractivity (Wildman–Crippen MR) is 47.8 cm³/mol. The first-order chi connectivity index (χ1) is 5.88. The van der Waals surface area contributed by atoms with Crippen molar-refractivity contribution in [1.82, 2.24) is 14.9 Å². The fourth-order valence-electron chi connectivity index (χ4n) is 1.79. The Bertz CT molecular complexity index is 248. The summed E-state index contributed by atoms with van der Waals surface area (Å²) in [6.07, 6.45) is 7.73. The molecule has 0 aliphatic carbocycles. The van der Waals surface area contributed by atoms with Gasteiger partial charge in [-0.05, 0) is 19.4 Å². The molecule has 1 fully saturated rings. The van der Waals surface area contributed by atoms with Crippen molar-refractivity contribution < 1.29 is 0 Å². The highest BCUT2D eigenvalue weighted by molar-refractivity contribution is 4.99. The molecule has 0 bridgehead atoms. The zero-order valence-electron chi connectivity index (χ0n) is 7.45. The Balaban J connectivity index is 2.13. The van der Waals surface area contributed by atoms with Crippen molar-refractivity contribution in [3.05, 3.63) is 18.2 Å². The smallest absolute Gasteiger partial charge is 0.125 e. The maximum Gasteiger partial charge on any atom is 0.125 e. The van der Waals surface area contributed by atoms with E-state index in [-0.39, 0.29) is 0 Å². The Morgan fingerprint density at radius 3 is 3.08 bits per heavy atom. The molecule has 0 amide bonds. The number of aryl methyl sites for hydroxylation is 1. The molecular weight excluding hydrogens is 150 g/mol. The molecule has 0 unspecified atom stereocenters. The molecule has 2 heterocycles. The molecule has 2 rings (SSSR count). The van der Waals surface area contributed by atoms with Crippen LogP contribution in [0.3, 0.4) is 0 Å². The van der Waals surface area contributed by atoms with Gasteiger partial charge in [-0.25, -0.2) is 4.98 Å². The van der Waals surface area contributed by atoms with Crippen LogP contribution in [0.4, 0.5) is 0 Å². The lowest BCUT2D eigenvalue weighted by molar-refractivity contribution is 0.390. The second kappa shape index (κ2) is 3.27. The molecule has 0 spiro atoms. The van der Waals surface area contributed by atoms with Crippen LogP contribution in [0, 0.1) is 0 Å². The van der Waals surface area contributed by atoms with Crippen LogP contribution >= 0.6 is 0 Å². The van der Waals surface area contributed by atoms with Gasteiger partial charge in [-0.15, -0.1) is 0 Å². The molecule has 1 aromatic heterocycles. The van der Waals surface area contributed by atoms with Crippen LogP contribution in [-0.2, 0) is 7.05 Å². The lowest BCUT2D eigenvalue weighted by atomic mass is 10.0. The van der Waals surface area contributed by atoms with Crippen molar-refractivity contribution in [3.63, 3.8) is 0 Å². The van der Waals surface area contributed by atoms with Crippen molar-refractivity contribution in [2.45, 2.75) is 25.3 Å². The third kappa shape index (κ3) is 1.37. The maximum atomic E-state index is 4.34. The van der Waals surface area contributed by atoms with E-state index in [1.54, 1.807) is 0 Å². The van der Waals surface area contributed by atoms with Crippen LogP contribution in [-0.4, -0.2) is 16.1 Å². The van der Waals surface area contributed by atoms with E-state index in [0.29, 0.717) is 6.04 Å². The van der Waals surface area contributed by atoms with Crippen LogP contribution in [0.5, 0.6) is 0 Å². The first kappa shape index (κ1) is 7.80. The highest BCUT2D eigenvalue weighted by Gasteiger charge is 2.17. The second-order valence-corrected chi connectivity index (χ2v) is 3.40. The Labute approximate surface area is 72.8 Å². The molecule has 0 saturated carbocycles. The molecule has 12 heavy (non-hydrogen) atoms. The van der Waals surface area contributed by atoms with Crippen LogP contribution in [0.2, 0.25) is 0 Å². The minimum atomic E-state index is 0.485. The molecule has 3 heteroatoms. The molecule has 1 aromatic rings. The number of nitrogens with one attached hydrogen (secondary N) is 1. The van der Waals surface area contributed by atoms with Crippen LogP contribution < -0.4 is 5.32 Å². The number of rotatable bonds is 1. The number of aromatic nitrogens is 2. The molecule has 0 aromatic carbocycles. The fourth-order valence-corrected chi connectivity index (χ4v) is 1.79. The summed E-state index contributed by atoms with van der Waals surface area (Å²) in [5.41, 5.74) is 0. The summed E-state index contributed by atoms with van der Waals surface area (Å²) in [4.78, 5) is 4.34. The van der Waals surface area contributed by atoms with Gasteiger partial charge in [0.1, 0.15) is 5.82 Å². The zero-order valence-corrected chi connectivity index (χ0v) is 7.45. The van der Waals surface area contributed by atoms with Gasteiger partial charge in [-0.1, -0.05) is 6.42 Å². The van der Waals surface area contributed by atoms with Crippen LogP contribution in [0.15, 0.2) is 12.4 Å². The number of hydrogen-bond acceptors (Lipinski definition) is 2. The molecule has 1 atom stereocenters. The number of hydrogen-bond donors (Lipinski definition) is 1. The molecule has 1 aliphatic rings. The molecule has 1 aliphatic heterocycles. The van der Waals surface area contributed by atoms with Crippen molar-refractivity contribution in [3.8, 4) is 0 Å². The van der Waals surface area contributed by atoms with E-state index >= 15 is 0 Å². The summed E-state index contributed by atoms with van der Waals surface area (Å²) < 4.78 is 2.10. The first-order valence-corrected chi connectivity index (χ1v) is 4.58. The van der Waals surface area contributed by atoms with E-state index in [2.05, 4.69) is 21.9 Å². The Kier molecular flexibility index (Phi) is 2.13. The number of piperidine rings is 1. The lowest BCUT2D eigenvalue weighted by Crippen LogP contribution is -2.28. The summed E-state index contributed by atoms with van der Waals surface area (Å²) in [6, 6.07) is 0.485. The number of nitrogens with zero attached hydrogens (tertiary/aromatic N) is 2. The third-order valence-electron chi connectivity index (χ3n) is 2.48. The quantitative estimate of drug-likeness (QED) is 0.678. The van der Waals surface area contributed by atoms with Gasteiger partial charge < -0.3 is 9.88 Å². The SMILES string of the molecule is Cn1ccnc1[C@@H]1CCCCN1. The normalized spacial score (nSPS) is 24.2. The van der Waals surface area contributed by atoms with E-state index in [0.717, 1.165) is 6.54 Å². The van der Waals surface area contributed by atoms with Crippen LogP contribution in [0.25, 0.3) is 0 Å². The van der Waals surface area contributed by atoms with Gasteiger partial charge in [0.25, 0.3) is 0 Å². The number of imidazole rings is 1. The monoisotopic (exact) mass is 165 g/mol. The minimum absolute atomic E-state index is 0.485. The Morgan fingerprint density at radius 1 is 1.58 bits per heavy atom. The second-order valence-electron chi connectivity index (χ2n) is 3.40. The minimum Gasteiger partial charge on any atom is -0.337 e. The van der Waals surface area contributed by atoms with E-state index in [9.17, 15) is 0 Å². The van der Waals surface area contributed by atoms with Gasteiger partial charge in [0.2, 0.25) is 0 Å². The third-order valence-corrected chi connectivity index (χ3v) is 2.48. The topological polar surface area (TPSA) is 29.9 Å². The van der Waals surface area contributed by atoms with E-state index < -0.39 is 0 Å². The lowest BCUT2D eigenvalue weighted by Gasteiger charge is -2.22. The zero-order chi connectivity index (χ0) is 8.39. The largest absolute Gasteiger partial charge is 0.337 e. The highest BCUT2D eigenvalue weighted by atomic mass is 15.1. The van der Waals surface area contributed by atoms with E-state index in [1.165, 1.54) is 25.1 Å². The van der Waals surface area contributed by atoms with Gasteiger partial charge in [0.05, 0.1) is 6.04 Å². The van der Waals surface area contributed by atoms with Gasteiger partial charge >= 0.3 is 0 Å². The molecule has 3 nitrogen and oxygen atoms in total. The van der Waals surface area contributed by atoms with Crippen molar-refractivity contribution in [2.24, 2.45) is 7.05 Å².